The first-order valence-electron chi connectivity index (χ1n) is 9.16. The van der Waals surface area contributed by atoms with Crippen molar-refractivity contribution in [2.24, 2.45) is 5.92 Å². The van der Waals surface area contributed by atoms with Gasteiger partial charge in [-0.25, -0.2) is 0 Å². The molecule has 0 radical (unpaired) electrons. The number of piperidine rings is 1. The molecule has 3 nitrogen and oxygen atoms in total. The number of hydrogen-bond donors (Lipinski definition) is 2. The van der Waals surface area contributed by atoms with Crippen molar-refractivity contribution < 1.29 is 0 Å². The first-order chi connectivity index (χ1) is 12.5. The van der Waals surface area contributed by atoms with Crippen molar-refractivity contribution in [3.05, 3.63) is 58.1 Å². The molecule has 0 aromatic heterocycles. The number of anilines is 2. The summed E-state index contributed by atoms with van der Waals surface area (Å²) < 4.78 is 1.10. The highest BCUT2D eigenvalue weighted by Gasteiger charge is 2.16. The number of halogens is 1. The molecule has 1 unspecified atom stereocenters. The second-order valence-corrected chi connectivity index (χ2v) is 8.39. The van der Waals surface area contributed by atoms with E-state index < -0.39 is 0 Å². The Morgan fingerprint density at radius 3 is 2.69 bits per heavy atom. The Morgan fingerprint density at radius 2 is 2.00 bits per heavy atom. The smallest absolute Gasteiger partial charge is 0.171 e. The fourth-order valence-electron chi connectivity index (χ4n) is 3.33. The van der Waals surface area contributed by atoms with Crippen LogP contribution in [0.3, 0.4) is 0 Å². The van der Waals surface area contributed by atoms with E-state index >= 15 is 0 Å². The van der Waals surface area contributed by atoms with Crippen LogP contribution in [0.5, 0.6) is 0 Å². The number of aryl methyl sites for hydroxylation is 1. The third-order valence-corrected chi connectivity index (χ3v) is 5.96. The Bertz CT molecular complexity index is 760. The summed E-state index contributed by atoms with van der Waals surface area (Å²) in [6.45, 7) is 7.46. The van der Waals surface area contributed by atoms with Gasteiger partial charge in [-0.1, -0.05) is 35.0 Å². The summed E-state index contributed by atoms with van der Waals surface area (Å²) in [5.41, 5.74) is 4.74. The van der Waals surface area contributed by atoms with Crippen LogP contribution in [0.4, 0.5) is 11.4 Å². The van der Waals surface area contributed by atoms with Gasteiger partial charge in [0.05, 0.1) is 0 Å². The lowest BCUT2D eigenvalue weighted by molar-refractivity contribution is 0.447. The van der Waals surface area contributed by atoms with Crippen LogP contribution in [-0.4, -0.2) is 18.2 Å². The van der Waals surface area contributed by atoms with Gasteiger partial charge in [0, 0.05) is 35.5 Å². The summed E-state index contributed by atoms with van der Waals surface area (Å²) in [4.78, 5) is 2.49. The van der Waals surface area contributed by atoms with Crippen LogP contribution in [0, 0.1) is 12.8 Å². The van der Waals surface area contributed by atoms with E-state index in [1.165, 1.54) is 36.2 Å². The van der Waals surface area contributed by atoms with Gasteiger partial charge in [-0.3, -0.25) is 0 Å². The van der Waals surface area contributed by atoms with Crippen molar-refractivity contribution in [1.82, 2.24) is 5.32 Å². The molecular weight excluding hydrogens is 406 g/mol. The molecule has 1 aliphatic heterocycles. The zero-order chi connectivity index (χ0) is 18.5. The highest BCUT2D eigenvalue weighted by molar-refractivity contribution is 9.10. The molecule has 1 atom stereocenters. The molecule has 1 fully saturated rings. The minimum Gasteiger partial charge on any atom is -0.371 e. The Balaban J connectivity index is 1.51. The van der Waals surface area contributed by atoms with Gasteiger partial charge in [0.15, 0.2) is 5.11 Å². The van der Waals surface area contributed by atoms with Crippen molar-refractivity contribution >= 4 is 44.6 Å². The minimum absolute atomic E-state index is 0.639. The number of thiocarbonyl (C=S) groups is 1. The second kappa shape index (κ2) is 8.87. The Labute approximate surface area is 170 Å². The summed E-state index contributed by atoms with van der Waals surface area (Å²) >= 11 is 8.93. The Hall–Kier alpha value is -1.59. The lowest BCUT2D eigenvalue weighted by atomic mass is 9.99. The molecular formula is C21H26BrN3S. The standard InChI is InChI=1S/C21H26BrN3S/c1-15-4-3-11-25(14-15)19-8-5-17(6-9-19)13-23-21(26)24-18-7-10-20(22)16(2)12-18/h5-10,12,15H,3-4,11,13-14H2,1-2H3,(H2,23,24,26). The van der Waals surface area contributed by atoms with Gasteiger partial charge in [0.2, 0.25) is 0 Å². The summed E-state index contributed by atoms with van der Waals surface area (Å²) in [6, 6.07) is 14.9. The largest absolute Gasteiger partial charge is 0.371 e. The minimum atomic E-state index is 0.639. The van der Waals surface area contributed by atoms with Crippen LogP contribution in [0.25, 0.3) is 0 Å². The lowest BCUT2D eigenvalue weighted by Gasteiger charge is -2.32. The topological polar surface area (TPSA) is 27.3 Å². The predicted octanol–water partition coefficient (Wildman–Crippen LogP) is 5.48. The maximum atomic E-state index is 5.41. The number of benzene rings is 2. The van der Waals surface area contributed by atoms with Crippen molar-refractivity contribution in [2.45, 2.75) is 33.2 Å². The molecule has 1 aliphatic rings. The van der Waals surface area contributed by atoms with E-state index in [1.807, 2.05) is 12.1 Å². The third-order valence-electron chi connectivity index (χ3n) is 4.83. The highest BCUT2D eigenvalue weighted by atomic mass is 79.9. The molecule has 5 heteroatoms. The number of nitrogens with zero attached hydrogens (tertiary/aromatic N) is 1. The normalized spacial score (nSPS) is 17.0. The average molecular weight is 432 g/mol. The van der Waals surface area contributed by atoms with Crippen molar-refractivity contribution in [3.8, 4) is 0 Å². The molecule has 0 aliphatic carbocycles. The number of hydrogen-bond acceptors (Lipinski definition) is 2. The van der Waals surface area contributed by atoms with Crippen LogP contribution in [0.15, 0.2) is 46.9 Å². The molecule has 2 N–H and O–H groups in total. The highest BCUT2D eigenvalue weighted by Crippen LogP contribution is 2.23. The molecule has 0 spiro atoms. The van der Waals surface area contributed by atoms with Crippen LogP contribution < -0.4 is 15.5 Å². The van der Waals surface area contributed by atoms with Crippen LogP contribution in [0.1, 0.15) is 30.9 Å². The fourth-order valence-corrected chi connectivity index (χ4v) is 3.77. The van der Waals surface area contributed by atoms with Crippen LogP contribution in [0.2, 0.25) is 0 Å². The lowest BCUT2D eigenvalue weighted by Crippen LogP contribution is -2.34. The summed E-state index contributed by atoms with van der Waals surface area (Å²) in [5.74, 6) is 0.788. The summed E-state index contributed by atoms with van der Waals surface area (Å²) in [6.07, 6.45) is 2.64. The van der Waals surface area contributed by atoms with E-state index in [1.54, 1.807) is 0 Å². The zero-order valence-electron chi connectivity index (χ0n) is 15.4. The predicted molar refractivity (Wildman–Crippen MR) is 119 cm³/mol. The fraction of sp³-hybridized carbons (Fsp3) is 0.381. The van der Waals surface area contributed by atoms with E-state index in [4.69, 9.17) is 12.2 Å². The molecule has 2 aromatic rings. The average Bonchev–Trinajstić information content (AvgIpc) is 2.63. The third kappa shape index (κ3) is 5.21. The van der Waals surface area contributed by atoms with E-state index in [9.17, 15) is 0 Å². The van der Waals surface area contributed by atoms with E-state index in [-0.39, 0.29) is 0 Å². The van der Waals surface area contributed by atoms with Gasteiger partial charge in [0.25, 0.3) is 0 Å². The van der Waals surface area contributed by atoms with Gasteiger partial charge in [-0.05, 0) is 79.4 Å². The molecule has 0 saturated carbocycles. The molecule has 1 heterocycles. The van der Waals surface area contributed by atoms with Gasteiger partial charge in [0.1, 0.15) is 0 Å². The second-order valence-electron chi connectivity index (χ2n) is 7.13. The first-order valence-corrected chi connectivity index (χ1v) is 10.4. The van der Waals surface area contributed by atoms with Gasteiger partial charge in [-0.2, -0.15) is 0 Å². The summed E-state index contributed by atoms with van der Waals surface area (Å²) in [7, 11) is 0. The Kier molecular flexibility index (Phi) is 6.54. The first kappa shape index (κ1) is 19.2. The van der Waals surface area contributed by atoms with Gasteiger partial charge in [-0.15, -0.1) is 0 Å². The summed E-state index contributed by atoms with van der Waals surface area (Å²) in [5, 5.41) is 7.16. The molecule has 0 bridgehead atoms. The quantitative estimate of drug-likeness (QED) is 0.626. The van der Waals surface area contributed by atoms with Crippen molar-refractivity contribution in [1.29, 1.82) is 0 Å². The van der Waals surface area contributed by atoms with Gasteiger partial charge < -0.3 is 15.5 Å². The van der Waals surface area contributed by atoms with E-state index in [0.29, 0.717) is 5.11 Å². The molecule has 138 valence electrons. The molecule has 1 saturated heterocycles. The maximum Gasteiger partial charge on any atom is 0.171 e. The van der Waals surface area contributed by atoms with E-state index in [0.717, 1.165) is 29.2 Å². The maximum absolute atomic E-state index is 5.41. The molecule has 3 rings (SSSR count). The zero-order valence-corrected chi connectivity index (χ0v) is 17.8. The molecule has 0 amide bonds. The number of rotatable bonds is 4. The van der Waals surface area contributed by atoms with Crippen LogP contribution in [-0.2, 0) is 6.54 Å². The monoisotopic (exact) mass is 431 g/mol. The Morgan fingerprint density at radius 1 is 1.23 bits per heavy atom. The van der Waals surface area contributed by atoms with E-state index in [2.05, 4.69) is 75.6 Å². The molecule has 26 heavy (non-hydrogen) atoms. The van der Waals surface area contributed by atoms with Crippen LogP contribution >= 0.6 is 28.1 Å². The van der Waals surface area contributed by atoms with Gasteiger partial charge >= 0.3 is 0 Å². The van der Waals surface area contributed by atoms with Crippen molar-refractivity contribution in [2.75, 3.05) is 23.3 Å². The number of nitrogens with one attached hydrogen (secondary N) is 2. The van der Waals surface area contributed by atoms with Crippen molar-refractivity contribution in [3.63, 3.8) is 0 Å². The SMILES string of the molecule is Cc1cc(NC(=S)NCc2ccc(N3CCCC(C)C3)cc2)ccc1Br. The molecule has 2 aromatic carbocycles.